The smallest absolute Gasteiger partial charge is 0.347 e. The maximum absolute atomic E-state index is 12.9. The molecular formula is C21H19N3O4. The lowest BCUT2D eigenvalue weighted by atomic mass is 10.0. The zero-order chi connectivity index (χ0) is 19.7. The molecule has 7 nitrogen and oxygen atoms in total. The number of nitrogens with zero attached hydrogens (tertiary/aromatic N) is 2. The molecule has 0 fully saturated rings. The van der Waals surface area contributed by atoms with Crippen LogP contribution in [0.25, 0.3) is 11.3 Å². The lowest BCUT2D eigenvalue weighted by Crippen LogP contribution is -2.19. The number of nitrogens with one attached hydrogen (secondary N) is 1. The molecule has 3 aromatic rings. The highest BCUT2D eigenvalue weighted by Gasteiger charge is 2.22. The molecule has 0 spiro atoms. The number of hydrogen-bond donors (Lipinski definition) is 1. The number of amides is 1. The summed E-state index contributed by atoms with van der Waals surface area (Å²) < 4.78 is 12.6. The number of para-hydroxylation sites is 1. The Labute approximate surface area is 161 Å². The predicted octanol–water partition coefficient (Wildman–Crippen LogP) is 3.20. The zero-order valence-electron chi connectivity index (χ0n) is 15.6. The SMILES string of the molecule is COc1ccccc1-c1nn(C)cc1C(=O)Oc1ccc2c(c1)CCC(=O)N2. The van der Waals surface area contributed by atoms with Crippen molar-refractivity contribution in [3.63, 3.8) is 0 Å². The van der Waals surface area contributed by atoms with E-state index in [2.05, 4.69) is 10.4 Å². The van der Waals surface area contributed by atoms with Crippen LogP contribution in [0.4, 0.5) is 5.69 Å². The van der Waals surface area contributed by atoms with Crippen molar-refractivity contribution in [2.75, 3.05) is 12.4 Å². The van der Waals surface area contributed by atoms with Crippen molar-refractivity contribution in [2.24, 2.45) is 7.05 Å². The van der Waals surface area contributed by atoms with E-state index in [9.17, 15) is 9.59 Å². The molecule has 4 rings (SSSR count). The van der Waals surface area contributed by atoms with Gasteiger partial charge in [-0.3, -0.25) is 9.48 Å². The van der Waals surface area contributed by atoms with Gasteiger partial charge in [0.05, 0.1) is 7.11 Å². The largest absolute Gasteiger partial charge is 0.496 e. The monoisotopic (exact) mass is 377 g/mol. The molecule has 2 aromatic carbocycles. The van der Waals surface area contributed by atoms with E-state index in [0.717, 1.165) is 11.3 Å². The Bertz CT molecular complexity index is 1070. The molecule has 7 heteroatoms. The fraction of sp³-hybridized carbons (Fsp3) is 0.190. The highest BCUT2D eigenvalue weighted by molar-refractivity contribution is 5.98. The van der Waals surface area contributed by atoms with Crippen LogP contribution in [0.3, 0.4) is 0 Å². The van der Waals surface area contributed by atoms with Gasteiger partial charge in [-0.1, -0.05) is 12.1 Å². The average molecular weight is 377 g/mol. The maximum atomic E-state index is 12.9. The van der Waals surface area contributed by atoms with Gasteiger partial charge in [-0.25, -0.2) is 4.79 Å². The second-order valence-corrected chi connectivity index (χ2v) is 6.52. The molecule has 0 unspecified atom stereocenters. The van der Waals surface area contributed by atoms with E-state index in [1.165, 1.54) is 0 Å². The Morgan fingerprint density at radius 2 is 2.00 bits per heavy atom. The van der Waals surface area contributed by atoms with Crippen molar-refractivity contribution in [3.8, 4) is 22.8 Å². The molecule has 0 aliphatic carbocycles. The molecule has 1 amide bonds. The molecule has 0 atom stereocenters. The summed E-state index contributed by atoms with van der Waals surface area (Å²) in [6.45, 7) is 0. The van der Waals surface area contributed by atoms with Gasteiger partial charge in [0.25, 0.3) is 0 Å². The summed E-state index contributed by atoms with van der Waals surface area (Å²) >= 11 is 0. The van der Waals surface area contributed by atoms with Gasteiger partial charge in [0.1, 0.15) is 22.8 Å². The third kappa shape index (κ3) is 3.34. The Morgan fingerprint density at radius 3 is 2.82 bits per heavy atom. The quantitative estimate of drug-likeness (QED) is 0.558. The summed E-state index contributed by atoms with van der Waals surface area (Å²) in [6.07, 6.45) is 2.67. The summed E-state index contributed by atoms with van der Waals surface area (Å²) in [5.41, 5.74) is 3.26. The standard InChI is InChI=1S/C21H19N3O4/c1-24-12-16(20(23-24)15-5-3-4-6-18(15)27-2)21(26)28-14-8-9-17-13(11-14)7-10-19(25)22-17/h3-6,8-9,11-12H,7,10H2,1-2H3,(H,22,25). The van der Waals surface area contributed by atoms with E-state index in [1.54, 1.807) is 43.2 Å². The van der Waals surface area contributed by atoms with Crippen LogP contribution in [-0.2, 0) is 18.3 Å². The molecule has 0 saturated heterocycles. The van der Waals surface area contributed by atoms with Crippen molar-refractivity contribution in [2.45, 2.75) is 12.8 Å². The van der Waals surface area contributed by atoms with Gasteiger partial charge in [-0.05, 0) is 42.3 Å². The van der Waals surface area contributed by atoms with E-state index in [-0.39, 0.29) is 5.91 Å². The minimum atomic E-state index is -0.506. The molecule has 0 radical (unpaired) electrons. The number of fused-ring (bicyclic) bond motifs is 1. The number of aromatic nitrogens is 2. The molecule has 142 valence electrons. The van der Waals surface area contributed by atoms with Crippen molar-refractivity contribution in [1.82, 2.24) is 9.78 Å². The molecular weight excluding hydrogens is 358 g/mol. The average Bonchev–Trinajstić information content (AvgIpc) is 3.09. The normalized spacial score (nSPS) is 12.9. The number of ether oxygens (including phenoxy) is 2. The van der Waals surface area contributed by atoms with E-state index < -0.39 is 5.97 Å². The zero-order valence-corrected chi connectivity index (χ0v) is 15.6. The van der Waals surface area contributed by atoms with Gasteiger partial charge in [-0.15, -0.1) is 0 Å². The summed E-state index contributed by atoms with van der Waals surface area (Å²) in [4.78, 5) is 24.3. The predicted molar refractivity (Wildman–Crippen MR) is 104 cm³/mol. The Kier molecular flexibility index (Phi) is 4.57. The van der Waals surface area contributed by atoms with Crippen LogP contribution in [0.2, 0.25) is 0 Å². The van der Waals surface area contributed by atoms with Gasteiger partial charge >= 0.3 is 5.97 Å². The van der Waals surface area contributed by atoms with Crippen LogP contribution in [0.5, 0.6) is 11.5 Å². The molecule has 0 saturated carbocycles. The van der Waals surface area contributed by atoms with Crippen molar-refractivity contribution in [3.05, 3.63) is 59.8 Å². The minimum Gasteiger partial charge on any atom is -0.496 e. The molecule has 0 bridgehead atoms. The van der Waals surface area contributed by atoms with Crippen LogP contribution in [0.1, 0.15) is 22.3 Å². The first-order chi connectivity index (χ1) is 13.5. The number of benzene rings is 2. The third-order valence-corrected chi connectivity index (χ3v) is 4.59. The van der Waals surface area contributed by atoms with Crippen molar-refractivity contribution < 1.29 is 19.1 Å². The lowest BCUT2D eigenvalue weighted by molar-refractivity contribution is -0.116. The molecule has 1 N–H and O–H groups in total. The number of anilines is 1. The molecule has 1 aromatic heterocycles. The highest BCUT2D eigenvalue weighted by atomic mass is 16.5. The maximum Gasteiger partial charge on any atom is 0.347 e. The summed E-state index contributed by atoms with van der Waals surface area (Å²) in [7, 11) is 3.32. The number of carbonyl (C=O) groups is 2. The van der Waals surface area contributed by atoms with Crippen LogP contribution in [0.15, 0.2) is 48.7 Å². The molecule has 28 heavy (non-hydrogen) atoms. The number of esters is 1. The fourth-order valence-corrected chi connectivity index (χ4v) is 3.26. The number of rotatable bonds is 4. The molecule has 1 aliphatic rings. The van der Waals surface area contributed by atoms with Crippen LogP contribution >= 0.6 is 0 Å². The first-order valence-electron chi connectivity index (χ1n) is 8.87. The Morgan fingerprint density at radius 1 is 1.18 bits per heavy atom. The lowest BCUT2D eigenvalue weighted by Gasteiger charge is -2.17. The summed E-state index contributed by atoms with van der Waals surface area (Å²) in [6, 6.07) is 12.6. The van der Waals surface area contributed by atoms with Gasteiger partial charge in [0.15, 0.2) is 0 Å². The minimum absolute atomic E-state index is 0.00550. The second-order valence-electron chi connectivity index (χ2n) is 6.52. The third-order valence-electron chi connectivity index (χ3n) is 4.59. The van der Waals surface area contributed by atoms with Gasteiger partial charge in [0, 0.05) is 30.9 Å². The van der Waals surface area contributed by atoms with E-state index in [4.69, 9.17) is 9.47 Å². The van der Waals surface area contributed by atoms with Crippen molar-refractivity contribution in [1.29, 1.82) is 0 Å². The molecule has 2 heterocycles. The number of methoxy groups -OCH3 is 1. The Hall–Kier alpha value is -3.61. The van der Waals surface area contributed by atoms with Gasteiger partial charge in [-0.2, -0.15) is 5.10 Å². The first kappa shape index (κ1) is 17.8. The summed E-state index contributed by atoms with van der Waals surface area (Å²) in [5, 5.41) is 7.23. The van der Waals surface area contributed by atoms with Gasteiger partial charge in [0.2, 0.25) is 5.91 Å². The first-order valence-corrected chi connectivity index (χ1v) is 8.87. The highest BCUT2D eigenvalue weighted by Crippen LogP contribution is 2.32. The van der Waals surface area contributed by atoms with E-state index in [1.807, 2.05) is 24.3 Å². The number of hydrogen-bond acceptors (Lipinski definition) is 5. The van der Waals surface area contributed by atoms with Crippen LogP contribution in [-0.4, -0.2) is 28.8 Å². The van der Waals surface area contributed by atoms with E-state index >= 15 is 0 Å². The van der Waals surface area contributed by atoms with Crippen molar-refractivity contribution >= 4 is 17.6 Å². The number of carbonyl (C=O) groups excluding carboxylic acids is 2. The summed E-state index contributed by atoms with van der Waals surface area (Å²) in [5.74, 6) is 0.539. The Balaban J connectivity index is 1.64. The second kappa shape index (κ2) is 7.19. The molecule has 1 aliphatic heterocycles. The van der Waals surface area contributed by atoms with E-state index in [0.29, 0.717) is 41.2 Å². The van der Waals surface area contributed by atoms with Crippen LogP contribution in [0, 0.1) is 0 Å². The van der Waals surface area contributed by atoms with Crippen LogP contribution < -0.4 is 14.8 Å². The number of aryl methyl sites for hydroxylation is 2. The topological polar surface area (TPSA) is 82.5 Å². The van der Waals surface area contributed by atoms with Gasteiger partial charge < -0.3 is 14.8 Å². The fourth-order valence-electron chi connectivity index (χ4n) is 3.26.